The molecule has 5 rings (SSSR count). The zero-order valence-electron chi connectivity index (χ0n) is 16.3. The van der Waals surface area contributed by atoms with E-state index >= 15 is 0 Å². The van der Waals surface area contributed by atoms with Crippen molar-refractivity contribution in [2.24, 2.45) is 5.41 Å². The van der Waals surface area contributed by atoms with E-state index in [0.717, 1.165) is 18.4 Å². The Bertz CT molecular complexity index is 1010. The smallest absolute Gasteiger partial charge is 0.276 e. The minimum atomic E-state index is -0.129. The zero-order chi connectivity index (χ0) is 19.8. The fourth-order valence-electron chi connectivity index (χ4n) is 3.99. The maximum Gasteiger partial charge on any atom is 0.276 e. The number of ether oxygens (including phenoxy) is 1. The van der Waals surface area contributed by atoms with Crippen molar-refractivity contribution < 1.29 is 9.53 Å². The van der Waals surface area contributed by atoms with Crippen molar-refractivity contribution >= 4 is 5.91 Å². The predicted molar refractivity (Wildman–Crippen MR) is 104 cm³/mol. The summed E-state index contributed by atoms with van der Waals surface area (Å²) in [6.45, 7) is 4.92. The van der Waals surface area contributed by atoms with Crippen LogP contribution in [0.5, 0.6) is 0 Å². The molecule has 2 saturated heterocycles. The summed E-state index contributed by atoms with van der Waals surface area (Å²) >= 11 is 0. The summed E-state index contributed by atoms with van der Waals surface area (Å²) in [5.41, 5.74) is 1.38. The van der Waals surface area contributed by atoms with Crippen molar-refractivity contribution in [1.82, 2.24) is 35.1 Å². The second-order valence-electron chi connectivity index (χ2n) is 8.17. The van der Waals surface area contributed by atoms with Crippen LogP contribution in [0.4, 0.5) is 0 Å². The third-order valence-electron chi connectivity index (χ3n) is 5.57. The van der Waals surface area contributed by atoms with Crippen LogP contribution < -0.4 is 0 Å². The molecule has 1 atom stereocenters. The second kappa shape index (κ2) is 7.07. The molecule has 150 valence electrons. The quantitative estimate of drug-likeness (QED) is 0.712. The third-order valence-corrected chi connectivity index (χ3v) is 5.57. The molecule has 2 fully saturated rings. The summed E-state index contributed by atoms with van der Waals surface area (Å²) in [5.74, 6) is 1.23. The molecule has 4 heterocycles. The number of rotatable bonds is 5. The van der Waals surface area contributed by atoms with Crippen molar-refractivity contribution in [3.8, 4) is 11.4 Å². The molecule has 1 aromatic carbocycles. The normalized spacial score (nSPS) is 20.6. The lowest BCUT2D eigenvalue weighted by atomic mass is 9.89. The lowest BCUT2D eigenvalue weighted by molar-refractivity contribution is -0.111. The molecular formula is C20H23N7O2. The Balaban J connectivity index is 1.32. The Labute approximate surface area is 168 Å². The number of nitrogens with one attached hydrogen (secondary N) is 1. The van der Waals surface area contributed by atoms with E-state index in [4.69, 9.17) is 4.74 Å². The molecule has 2 aliphatic heterocycles. The zero-order valence-corrected chi connectivity index (χ0v) is 16.3. The molecule has 3 aromatic rings. The van der Waals surface area contributed by atoms with E-state index < -0.39 is 0 Å². The first-order valence-corrected chi connectivity index (χ1v) is 9.88. The number of aromatic nitrogens is 6. The van der Waals surface area contributed by atoms with Gasteiger partial charge < -0.3 is 9.64 Å². The number of carbonyl (C=O) groups is 1. The number of aromatic amines is 1. The molecule has 0 saturated carbocycles. The summed E-state index contributed by atoms with van der Waals surface area (Å²) in [7, 11) is 0. The first-order chi connectivity index (χ1) is 14.1. The van der Waals surface area contributed by atoms with Gasteiger partial charge in [0.1, 0.15) is 5.82 Å². The summed E-state index contributed by atoms with van der Waals surface area (Å²) in [4.78, 5) is 19.6. The van der Waals surface area contributed by atoms with Crippen LogP contribution >= 0.6 is 0 Å². The van der Waals surface area contributed by atoms with Gasteiger partial charge in [0.25, 0.3) is 5.91 Å². The van der Waals surface area contributed by atoms with Crippen LogP contribution in [0.25, 0.3) is 11.4 Å². The Morgan fingerprint density at radius 2 is 2.14 bits per heavy atom. The summed E-state index contributed by atoms with van der Waals surface area (Å²) in [6.07, 6.45) is 3.50. The van der Waals surface area contributed by atoms with Crippen LogP contribution in [0.2, 0.25) is 0 Å². The number of nitrogens with zero attached hydrogens (tertiary/aromatic N) is 6. The lowest BCUT2D eigenvalue weighted by Gasteiger charge is -2.37. The van der Waals surface area contributed by atoms with E-state index in [-0.39, 0.29) is 17.4 Å². The van der Waals surface area contributed by atoms with Crippen LogP contribution in [-0.2, 0) is 11.3 Å². The number of likely N-dealkylation sites (tertiary alicyclic amines) is 1. The van der Waals surface area contributed by atoms with Crippen molar-refractivity contribution in [3.63, 3.8) is 0 Å². The molecule has 1 unspecified atom stereocenters. The molecule has 0 aliphatic carbocycles. The van der Waals surface area contributed by atoms with E-state index in [2.05, 4.69) is 32.4 Å². The SMILES string of the molecule is CC1(Cn2cc(C(=O)N3CCCC3c3nc(-c4ccccc4)n[nH]3)nn2)COC1. The highest BCUT2D eigenvalue weighted by Gasteiger charge is 2.36. The Kier molecular flexibility index (Phi) is 4.39. The summed E-state index contributed by atoms with van der Waals surface area (Å²) < 4.78 is 7.03. The largest absolute Gasteiger partial charge is 0.380 e. The lowest BCUT2D eigenvalue weighted by Crippen LogP contribution is -2.43. The Hall–Kier alpha value is -3.07. The standard InChI is InChI=1S/C20H23N7O2/c1-20(12-29-13-20)11-26-10-15(22-25-26)19(28)27-9-5-8-16(27)18-21-17(23-24-18)14-6-3-2-4-7-14/h2-4,6-7,10,16H,5,8-9,11-13H2,1H3,(H,21,23,24). The van der Waals surface area contributed by atoms with E-state index in [1.807, 2.05) is 35.2 Å². The van der Waals surface area contributed by atoms with E-state index in [0.29, 0.717) is 43.6 Å². The first kappa shape index (κ1) is 18.0. The van der Waals surface area contributed by atoms with Gasteiger partial charge in [0.05, 0.1) is 32.0 Å². The van der Waals surface area contributed by atoms with Gasteiger partial charge in [-0.15, -0.1) is 5.10 Å². The van der Waals surface area contributed by atoms with Gasteiger partial charge in [0.15, 0.2) is 11.5 Å². The van der Waals surface area contributed by atoms with E-state index in [9.17, 15) is 4.79 Å². The van der Waals surface area contributed by atoms with Crippen LogP contribution in [0.3, 0.4) is 0 Å². The van der Waals surface area contributed by atoms with Crippen molar-refractivity contribution in [2.75, 3.05) is 19.8 Å². The predicted octanol–water partition coefficient (Wildman–Crippen LogP) is 2.08. The van der Waals surface area contributed by atoms with Gasteiger partial charge in [-0.2, -0.15) is 5.10 Å². The highest BCUT2D eigenvalue weighted by atomic mass is 16.5. The minimum absolute atomic E-state index is 0.0673. The maximum atomic E-state index is 13.1. The molecule has 2 aliphatic rings. The maximum absolute atomic E-state index is 13.1. The molecule has 29 heavy (non-hydrogen) atoms. The highest BCUT2D eigenvalue weighted by Crippen LogP contribution is 2.32. The molecule has 2 aromatic heterocycles. The van der Waals surface area contributed by atoms with Crippen LogP contribution in [-0.4, -0.2) is 60.7 Å². The average molecular weight is 393 g/mol. The van der Waals surface area contributed by atoms with Gasteiger partial charge in [-0.3, -0.25) is 14.6 Å². The molecule has 0 radical (unpaired) electrons. The summed E-state index contributed by atoms with van der Waals surface area (Å²) in [5, 5.41) is 15.6. The van der Waals surface area contributed by atoms with Crippen molar-refractivity contribution in [3.05, 3.63) is 48.0 Å². The Morgan fingerprint density at radius 3 is 2.90 bits per heavy atom. The monoisotopic (exact) mass is 393 g/mol. The number of H-pyrrole nitrogens is 1. The molecule has 1 N–H and O–H groups in total. The summed E-state index contributed by atoms with van der Waals surface area (Å²) in [6, 6.07) is 9.68. The number of hydrogen-bond donors (Lipinski definition) is 1. The molecular weight excluding hydrogens is 370 g/mol. The van der Waals surface area contributed by atoms with Gasteiger partial charge in [0, 0.05) is 17.5 Å². The van der Waals surface area contributed by atoms with Gasteiger partial charge in [-0.05, 0) is 12.8 Å². The number of amides is 1. The van der Waals surface area contributed by atoms with Gasteiger partial charge >= 0.3 is 0 Å². The van der Waals surface area contributed by atoms with Gasteiger partial charge in [0.2, 0.25) is 0 Å². The fraction of sp³-hybridized carbons (Fsp3) is 0.450. The molecule has 0 spiro atoms. The van der Waals surface area contributed by atoms with Gasteiger partial charge in [-0.25, -0.2) is 4.98 Å². The fourth-order valence-corrected chi connectivity index (χ4v) is 3.99. The average Bonchev–Trinajstić information content (AvgIpc) is 3.46. The molecule has 1 amide bonds. The number of carbonyl (C=O) groups excluding carboxylic acids is 1. The van der Waals surface area contributed by atoms with Crippen LogP contribution in [0.15, 0.2) is 36.5 Å². The van der Waals surface area contributed by atoms with E-state index in [1.165, 1.54) is 0 Å². The Morgan fingerprint density at radius 1 is 1.31 bits per heavy atom. The first-order valence-electron chi connectivity index (χ1n) is 9.88. The minimum Gasteiger partial charge on any atom is -0.380 e. The van der Waals surface area contributed by atoms with Crippen molar-refractivity contribution in [1.29, 1.82) is 0 Å². The van der Waals surface area contributed by atoms with Crippen LogP contribution in [0.1, 0.15) is 42.1 Å². The van der Waals surface area contributed by atoms with E-state index in [1.54, 1.807) is 10.9 Å². The number of benzene rings is 1. The third kappa shape index (κ3) is 3.42. The van der Waals surface area contributed by atoms with Gasteiger partial charge in [-0.1, -0.05) is 42.5 Å². The molecule has 9 nitrogen and oxygen atoms in total. The van der Waals surface area contributed by atoms with Crippen LogP contribution in [0, 0.1) is 5.41 Å². The second-order valence-corrected chi connectivity index (χ2v) is 8.17. The molecule has 9 heteroatoms. The topological polar surface area (TPSA) is 102 Å². The number of hydrogen-bond acceptors (Lipinski definition) is 6. The highest BCUT2D eigenvalue weighted by molar-refractivity contribution is 5.92. The van der Waals surface area contributed by atoms with Crippen molar-refractivity contribution in [2.45, 2.75) is 32.4 Å². The molecule has 0 bridgehead atoms.